The first-order valence-electron chi connectivity index (χ1n) is 5.92. The average Bonchev–Trinajstić information content (AvgIpc) is 2.41. The summed E-state index contributed by atoms with van der Waals surface area (Å²) in [4.78, 5) is 10.4. The number of halogens is 9. The predicted molar refractivity (Wildman–Crippen MR) is 63.8 cm³/mol. The van der Waals surface area contributed by atoms with Gasteiger partial charge in [0.2, 0.25) is 0 Å². The van der Waals surface area contributed by atoms with E-state index in [2.05, 4.69) is 0 Å². The molecule has 0 aliphatic heterocycles. The van der Waals surface area contributed by atoms with Gasteiger partial charge in [-0.15, -0.1) is 0 Å². The maximum absolute atomic E-state index is 13.2. The van der Waals surface area contributed by atoms with Crippen molar-refractivity contribution in [3.05, 3.63) is 11.6 Å². The van der Waals surface area contributed by atoms with Crippen LogP contribution in [0.5, 0.6) is 0 Å². The fourth-order valence-electron chi connectivity index (χ4n) is 1.19. The van der Waals surface area contributed by atoms with Gasteiger partial charge in [-0.2, -0.15) is 39.5 Å². The highest BCUT2D eigenvalue weighted by Crippen LogP contribution is 2.54. The van der Waals surface area contributed by atoms with Crippen LogP contribution >= 0.6 is 0 Å². The number of carboxylic acid groups (broad SMARTS) is 1. The first-order chi connectivity index (χ1) is 10.8. The topological polar surface area (TPSA) is 83.5 Å². The van der Waals surface area contributed by atoms with Gasteiger partial charge < -0.3 is 5.11 Å². The van der Waals surface area contributed by atoms with Crippen LogP contribution in [-0.4, -0.2) is 49.3 Å². The fourth-order valence-corrected chi connectivity index (χ4v) is 2.22. The second-order valence-electron chi connectivity index (χ2n) is 4.54. The summed E-state index contributed by atoms with van der Waals surface area (Å²) in [5.74, 6) is -16.1. The van der Waals surface area contributed by atoms with Gasteiger partial charge in [0.15, 0.2) is 0 Å². The van der Waals surface area contributed by atoms with E-state index in [1.165, 1.54) is 0 Å². The molecule has 0 spiro atoms. The zero-order valence-electron chi connectivity index (χ0n) is 12.0. The van der Waals surface area contributed by atoms with Crippen LogP contribution in [0.3, 0.4) is 0 Å². The average molecular weight is 411 g/mol. The summed E-state index contributed by atoms with van der Waals surface area (Å²) in [6, 6.07) is 0. The molecule has 0 rings (SSSR count). The molecule has 0 fully saturated rings. The van der Waals surface area contributed by atoms with E-state index < -0.39 is 52.2 Å². The molecule has 0 aromatic heterocycles. The molecule has 0 amide bonds. The molecule has 0 aromatic rings. The Morgan fingerprint density at radius 2 is 1.44 bits per heavy atom. The summed E-state index contributed by atoms with van der Waals surface area (Å²) in [7, 11) is -6.67. The van der Waals surface area contributed by atoms with Gasteiger partial charge in [-0.05, 0) is 13.3 Å². The maximum Gasteiger partial charge on any atom is 0.460 e. The molecule has 2 N–H and O–H groups in total. The van der Waals surface area contributed by atoms with Crippen molar-refractivity contribution in [2.24, 2.45) is 0 Å². The van der Waals surface area contributed by atoms with E-state index in [1.54, 1.807) is 0 Å². The number of hydrogen-bond acceptors (Lipinski definition) is 3. The Bertz CT molecular complexity index is 639. The van der Waals surface area contributed by atoms with Gasteiger partial charge in [-0.1, -0.05) is 6.08 Å². The first-order valence-corrected chi connectivity index (χ1v) is 7.40. The molecule has 0 aliphatic rings. The SMILES string of the molecule is CC(=CCCNS(=O)(=O)C(F)(F)C(F)(F)C(F)(F)C(F)(F)F)C(=O)O. The summed E-state index contributed by atoms with van der Waals surface area (Å²) in [6.45, 7) is -0.153. The lowest BCUT2D eigenvalue weighted by Gasteiger charge is -2.33. The van der Waals surface area contributed by atoms with Crippen molar-refractivity contribution >= 4 is 16.0 Å². The number of carboxylic acids is 1. The van der Waals surface area contributed by atoms with Crippen LogP contribution in [0.1, 0.15) is 13.3 Å². The molecule has 0 radical (unpaired) electrons. The van der Waals surface area contributed by atoms with E-state index in [1.807, 2.05) is 0 Å². The van der Waals surface area contributed by atoms with Gasteiger partial charge in [0, 0.05) is 12.1 Å². The molecule has 0 aromatic carbocycles. The Kier molecular flexibility index (Phi) is 6.59. The Morgan fingerprint density at radius 1 is 1.00 bits per heavy atom. The van der Waals surface area contributed by atoms with Crippen LogP contribution in [0, 0.1) is 0 Å². The maximum atomic E-state index is 13.2. The molecule has 5 nitrogen and oxygen atoms in total. The van der Waals surface area contributed by atoms with Gasteiger partial charge in [-0.25, -0.2) is 17.9 Å². The third-order valence-electron chi connectivity index (χ3n) is 2.68. The first kappa shape index (κ1) is 23.5. The number of sulfonamides is 1. The summed E-state index contributed by atoms with van der Waals surface area (Å²) in [6.07, 6.45) is -7.02. The van der Waals surface area contributed by atoms with Crippen molar-refractivity contribution < 1.29 is 57.8 Å². The molecule has 0 unspecified atom stereocenters. The highest BCUT2D eigenvalue weighted by atomic mass is 32.2. The summed E-state index contributed by atoms with van der Waals surface area (Å²) in [5, 5.41) is 1.61. The van der Waals surface area contributed by atoms with Crippen molar-refractivity contribution in [2.75, 3.05) is 6.54 Å². The Labute approximate surface area is 134 Å². The van der Waals surface area contributed by atoms with Gasteiger partial charge in [-0.3, -0.25) is 0 Å². The van der Waals surface area contributed by atoms with E-state index in [-0.39, 0.29) is 5.57 Å². The highest BCUT2D eigenvalue weighted by Gasteiger charge is 2.85. The van der Waals surface area contributed by atoms with E-state index in [0.29, 0.717) is 0 Å². The third kappa shape index (κ3) is 4.37. The van der Waals surface area contributed by atoms with E-state index in [0.717, 1.165) is 17.7 Å². The van der Waals surface area contributed by atoms with E-state index in [4.69, 9.17) is 5.11 Å². The molecular weight excluding hydrogens is 401 g/mol. The van der Waals surface area contributed by atoms with E-state index >= 15 is 0 Å². The Hall–Kier alpha value is -1.51. The fraction of sp³-hybridized carbons (Fsp3) is 0.700. The lowest BCUT2D eigenvalue weighted by molar-refractivity contribution is -0.382. The van der Waals surface area contributed by atoms with Gasteiger partial charge in [0.1, 0.15) is 0 Å². The molecule has 0 aliphatic carbocycles. The van der Waals surface area contributed by atoms with Crippen molar-refractivity contribution in [3.63, 3.8) is 0 Å². The zero-order chi connectivity index (χ0) is 20.5. The summed E-state index contributed by atoms with van der Waals surface area (Å²) < 4.78 is 136. The summed E-state index contributed by atoms with van der Waals surface area (Å²) >= 11 is 0. The molecule has 148 valence electrons. The second kappa shape index (κ2) is 7.01. The number of carbonyl (C=O) groups is 1. The third-order valence-corrected chi connectivity index (χ3v) is 4.19. The minimum Gasteiger partial charge on any atom is -0.478 e. The standard InChI is InChI=1S/C10H10F9NO4S/c1-5(6(21)22)3-2-4-20-25(23,24)10(18,19)8(13,14)7(11,12)9(15,16)17/h3,20H,2,4H2,1H3,(H,21,22). The van der Waals surface area contributed by atoms with Crippen LogP contribution < -0.4 is 4.72 Å². The molecule has 0 atom stereocenters. The normalized spacial score (nSPS) is 15.4. The minimum atomic E-state index is -7.34. The molecule has 15 heteroatoms. The number of hydrogen-bond donors (Lipinski definition) is 2. The van der Waals surface area contributed by atoms with Crippen molar-refractivity contribution in [1.82, 2.24) is 4.72 Å². The van der Waals surface area contributed by atoms with Crippen LogP contribution in [0.15, 0.2) is 11.6 Å². The summed E-state index contributed by atoms with van der Waals surface area (Å²) in [5.41, 5.74) is -0.389. The van der Waals surface area contributed by atoms with Gasteiger partial charge in [0.25, 0.3) is 10.0 Å². The second-order valence-corrected chi connectivity index (χ2v) is 6.35. The van der Waals surface area contributed by atoms with Crippen LogP contribution in [0.4, 0.5) is 39.5 Å². The lowest BCUT2D eigenvalue weighted by atomic mass is 10.1. The van der Waals surface area contributed by atoms with Crippen LogP contribution in [0.25, 0.3) is 0 Å². The van der Waals surface area contributed by atoms with Gasteiger partial charge >= 0.3 is 29.2 Å². The van der Waals surface area contributed by atoms with Crippen molar-refractivity contribution in [3.8, 4) is 0 Å². The van der Waals surface area contributed by atoms with Gasteiger partial charge in [0.05, 0.1) is 0 Å². The minimum absolute atomic E-state index is 0.389. The largest absolute Gasteiger partial charge is 0.478 e. The van der Waals surface area contributed by atoms with Crippen LogP contribution in [-0.2, 0) is 14.8 Å². The molecule has 0 saturated heterocycles. The number of aliphatic carboxylic acids is 1. The molecule has 25 heavy (non-hydrogen) atoms. The molecule has 0 heterocycles. The van der Waals surface area contributed by atoms with Crippen molar-refractivity contribution in [2.45, 2.75) is 36.6 Å². The molecule has 0 saturated carbocycles. The van der Waals surface area contributed by atoms with Crippen LogP contribution in [0.2, 0.25) is 0 Å². The number of rotatable bonds is 8. The zero-order valence-corrected chi connectivity index (χ0v) is 12.8. The molecule has 0 bridgehead atoms. The smallest absolute Gasteiger partial charge is 0.460 e. The Morgan fingerprint density at radius 3 is 1.80 bits per heavy atom. The number of nitrogens with one attached hydrogen (secondary N) is 1. The number of alkyl halides is 9. The highest BCUT2D eigenvalue weighted by molar-refractivity contribution is 7.90. The lowest BCUT2D eigenvalue weighted by Crippen LogP contribution is -2.64. The predicted octanol–water partition coefficient (Wildman–Crippen LogP) is 2.75. The molecular formula is C10H10F9NO4S. The monoisotopic (exact) mass is 411 g/mol. The van der Waals surface area contributed by atoms with Crippen molar-refractivity contribution in [1.29, 1.82) is 0 Å². The Balaban J connectivity index is 5.48. The quantitative estimate of drug-likeness (QED) is 0.366. The van der Waals surface area contributed by atoms with E-state index in [9.17, 15) is 52.7 Å².